The third-order valence-electron chi connectivity index (χ3n) is 3.78. The minimum Gasteiger partial charge on any atom is -0.398 e. The third-order valence-corrected chi connectivity index (χ3v) is 3.78. The van der Waals surface area contributed by atoms with Crippen molar-refractivity contribution in [3.8, 4) is 0 Å². The molecule has 1 amide bonds. The second-order valence-corrected chi connectivity index (χ2v) is 5.17. The van der Waals surface area contributed by atoms with Crippen LogP contribution in [0.5, 0.6) is 0 Å². The van der Waals surface area contributed by atoms with Crippen LogP contribution in [0.15, 0.2) is 18.2 Å². The molecule has 4 nitrogen and oxygen atoms in total. The molecule has 0 bridgehead atoms. The summed E-state index contributed by atoms with van der Waals surface area (Å²) in [6.45, 7) is 1.91. The van der Waals surface area contributed by atoms with Gasteiger partial charge in [0.05, 0.1) is 12.1 Å². The summed E-state index contributed by atoms with van der Waals surface area (Å²) >= 11 is 0. The summed E-state index contributed by atoms with van der Waals surface area (Å²) in [5.74, 6) is -0.155. The summed E-state index contributed by atoms with van der Waals surface area (Å²) in [4.78, 5) is 12.2. The Hall–Kier alpha value is -1.55. The van der Waals surface area contributed by atoms with Gasteiger partial charge in [-0.1, -0.05) is 18.9 Å². The molecule has 0 heterocycles. The van der Waals surface area contributed by atoms with E-state index >= 15 is 0 Å². The zero-order valence-corrected chi connectivity index (χ0v) is 10.7. The quantitative estimate of drug-likeness (QED) is 0.711. The van der Waals surface area contributed by atoms with E-state index in [9.17, 15) is 9.90 Å². The van der Waals surface area contributed by atoms with Crippen molar-refractivity contribution in [2.45, 2.75) is 38.1 Å². The molecule has 4 heteroatoms. The molecule has 4 N–H and O–H groups in total. The Morgan fingerprint density at radius 1 is 1.44 bits per heavy atom. The van der Waals surface area contributed by atoms with Gasteiger partial charge in [-0.3, -0.25) is 4.79 Å². The number of benzene rings is 1. The third kappa shape index (κ3) is 2.48. The molecule has 1 aliphatic carbocycles. The van der Waals surface area contributed by atoms with Crippen LogP contribution in [0.2, 0.25) is 0 Å². The highest BCUT2D eigenvalue weighted by atomic mass is 16.3. The minimum absolute atomic E-state index is 0.0000828. The standard InChI is InChI=1S/C14H20N2O2/c1-10-4-5-11(8-12(10)15)13(18)16-14(9-17)6-2-3-7-14/h4-5,8,17H,2-3,6-7,9,15H2,1H3,(H,16,18). The fourth-order valence-electron chi connectivity index (χ4n) is 2.47. The molecule has 1 saturated carbocycles. The summed E-state index contributed by atoms with van der Waals surface area (Å²) in [7, 11) is 0. The molecule has 2 rings (SSSR count). The highest BCUT2D eigenvalue weighted by Gasteiger charge is 2.34. The van der Waals surface area contributed by atoms with Gasteiger partial charge < -0.3 is 16.2 Å². The number of aryl methyl sites for hydroxylation is 1. The molecule has 0 radical (unpaired) electrons. The van der Waals surface area contributed by atoms with Gasteiger partial charge in [0.15, 0.2) is 0 Å². The number of hydrogen-bond donors (Lipinski definition) is 3. The maximum atomic E-state index is 12.2. The predicted molar refractivity (Wildman–Crippen MR) is 71.3 cm³/mol. The van der Waals surface area contributed by atoms with E-state index in [1.807, 2.05) is 13.0 Å². The van der Waals surface area contributed by atoms with Crippen LogP contribution >= 0.6 is 0 Å². The number of aliphatic hydroxyl groups excluding tert-OH is 1. The van der Waals surface area contributed by atoms with E-state index in [-0.39, 0.29) is 12.5 Å². The number of nitrogen functional groups attached to an aromatic ring is 1. The van der Waals surface area contributed by atoms with Crippen LogP contribution in [0, 0.1) is 6.92 Å². The Morgan fingerprint density at radius 2 is 2.11 bits per heavy atom. The van der Waals surface area contributed by atoms with Crippen molar-refractivity contribution in [2.75, 3.05) is 12.3 Å². The zero-order valence-electron chi connectivity index (χ0n) is 10.7. The molecule has 0 unspecified atom stereocenters. The smallest absolute Gasteiger partial charge is 0.251 e. The first-order valence-electron chi connectivity index (χ1n) is 6.36. The number of carbonyl (C=O) groups excluding carboxylic acids is 1. The van der Waals surface area contributed by atoms with E-state index in [1.54, 1.807) is 12.1 Å². The average molecular weight is 248 g/mol. The van der Waals surface area contributed by atoms with Crippen molar-refractivity contribution in [1.82, 2.24) is 5.32 Å². The van der Waals surface area contributed by atoms with Crippen molar-refractivity contribution in [3.63, 3.8) is 0 Å². The first kappa shape index (κ1) is 12.9. The number of aliphatic hydroxyl groups is 1. The number of nitrogens with one attached hydrogen (secondary N) is 1. The number of anilines is 1. The summed E-state index contributed by atoms with van der Waals surface area (Å²) in [5, 5.41) is 12.4. The van der Waals surface area contributed by atoms with Crippen molar-refractivity contribution < 1.29 is 9.90 Å². The van der Waals surface area contributed by atoms with Crippen LogP contribution < -0.4 is 11.1 Å². The number of hydrogen-bond acceptors (Lipinski definition) is 3. The molecular weight excluding hydrogens is 228 g/mol. The molecule has 0 aliphatic heterocycles. The molecule has 1 aromatic carbocycles. The van der Waals surface area contributed by atoms with Gasteiger partial charge in [-0.05, 0) is 37.5 Å². The molecule has 0 saturated heterocycles. The molecule has 1 aliphatic rings. The summed E-state index contributed by atoms with van der Waals surface area (Å²) in [6.07, 6.45) is 3.79. The minimum atomic E-state index is -0.434. The Balaban J connectivity index is 2.13. The highest BCUT2D eigenvalue weighted by Crippen LogP contribution is 2.29. The van der Waals surface area contributed by atoms with Gasteiger partial charge in [0.1, 0.15) is 0 Å². The van der Waals surface area contributed by atoms with Gasteiger partial charge in [-0.25, -0.2) is 0 Å². The fourth-order valence-corrected chi connectivity index (χ4v) is 2.47. The van der Waals surface area contributed by atoms with Gasteiger partial charge in [0, 0.05) is 11.3 Å². The van der Waals surface area contributed by atoms with Crippen molar-refractivity contribution in [3.05, 3.63) is 29.3 Å². The monoisotopic (exact) mass is 248 g/mol. The van der Waals surface area contributed by atoms with E-state index in [2.05, 4.69) is 5.32 Å². The number of amides is 1. The number of rotatable bonds is 3. The van der Waals surface area contributed by atoms with E-state index < -0.39 is 5.54 Å². The SMILES string of the molecule is Cc1ccc(C(=O)NC2(CO)CCCC2)cc1N. The second-order valence-electron chi connectivity index (χ2n) is 5.17. The summed E-state index contributed by atoms with van der Waals surface area (Å²) in [6, 6.07) is 5.29. The first-order valence-corrected chi connectivity index (χ1v) is 6.36. The molecule has 1 fully saturated rings. The average Bonchev–Trinajstić information content (AvgIpc) is 2.82. The molecule has 1 aromatic rings. The molecule has 18 heavy (non-hydrogen) atoms. The van der Waals surface area contributed by atoms with E-state index in [0.717, 1.165) is 31.2 Å². The Morgan fingerprint density at radius 3 is 2.67 bits per heavy atom. The van der Waals surface area contributed by atoms with Gasteiger partial charge in [0.2, 0.25) is 0 Å². The normalized spacial score (nSPS) is 17.7. The summed E-state index contributed by atoms with van der Waals surface area (Å²) < 4.78 is 0. The van der Waals surface area contributed by atoms with E-state index in [0.29, 0.717) is 11.3 Å². The number of carbonyl (C=O) groups is 1. The topological polar surface area (TPSA) is 75.3 Å². The Kier molecular flexibility index (Phi) is 3.57. The molecule has 0 aromatic heterocycles. The van der Waals surface area contributed by atoms with Gasteiger partial charge in [-0.2, -0.15) is 0 Å². The maximum Gasteiger partial charge on any atom is 0.251 e. The van der Waals surface area contributed by atoms with E-state index in [4.69, 9.17) is 5.73 Å². The Labute approximate surface area is 107 Å². The summed E-state index contributed by atoms with van der Waals surface area (Å²) in [5.41, 5.74) is 7.50. The van der Waals surface area contributed by atoms with Gasteiger partial charge in [0.25, 0.3) is 5.91 Å². The zero-order chi connectivity index (χ0) is 13.2. The lowest BCUT2D eigenvalue weighted by Gasteiger charge is -2.28. The molecule has 0 spiro atoms. The van der Waals surface area contributed by atoms with Crippen molar-refractivity contribution >= 4 is 11.6 Å². The molecule has 0 atom stereocenters. The van der Waals surface area contributed by atoms with Crippen LogP contribution in [0.1, 0.15) is 41.6 Å². The second kappa shape index (κ2) is 4.98. The van der Waals surface area contributed by atoms with E-state index in [1.165, 1.54) is 0 Å². The molecular formula is C14H20N2O2. The van der Waals surface area contributed by atoms with Gasteiger partial charge >= 0.3 is 0 Å². The lowest BCUT2D eigenvalue weighted by Crippen LogP contribution is -2.49. The van der Waals surface area contributed by atoms with Crippen LogP contribution in [-0.2, 0) is 0 Å². The Bertz CT molecular complexity index is 451. The van der Waals surface area contributed by atoms with Crippen LogP contribution in [0.3, 0.4) is 0 Å². The maximum absolute atomic E-state index is 12.2. The van der Waals surface area contributed by atoms with Gasteiger partial charge in [-0.15, -0.1) is 0 Å². The van der Waals surface area contributed by atoms with Crippen LogP contribution in [0.25, 0.3) is 0 Å². The largest absolute Gasteiger partial charge is 0.398 e. The van der Waals surface area contributed by atoms with Crippen molar-refractivity contribution in [2.24, 2.45) is 0 Å². The first-order chi connectivity index (χ1) is 8.56. The lowest BCUT2D eigenvalue weighted by molar-refractivity contribution is 0.0838. The van der Waals surface area contributed by atoms with Crippen LogP contribution in [-0.4, -0.2) is 23.2 Å². The highest BCUT2D eigenvalue weighted by molar-refractivity contribution is 5.95. The van der Waals surface area contributed by atoms with Crippen LogP contribution in [0.4, 0.5) is 5.69 Å². The van der Waals surface area contributed by atoms with Crippen molar-refractivity contribution in [1.29, 1.82) is 0 Å². The number of nitrogens with two attached hydrogens (primary N) is 1. The predicted octanol–water partition coefficient (Wildman–Crippen LogP) is 1.61. The lowest BCUT2D eigenvalue weighted by atomic mass is 9.98. The fraction of sp³-hybridized carbons (Fsp3) is 0.500. The molecule has 98 valence electrons.